The average Bonchev–Trinajstić information content (AvgIpc) is 2.24. The Morgan fingerprint density at radius 2 is 2.12 bits per heavy atom. The molecular weight excluding hydrogens is 220 g/mol. The van der Waals surface area contributed by atoms with Crippen LogP contribution in [0.2, 0.25) is 0 Å². The number of carboxylic acids is 1. The quantitative estimate of drug-likeness (QED) is 0.838. The third-order valence-electron chi connectivity index (χ3n) is 3.45. The van der Waals surface area contributed by atoms with Crippen LogP contribution in [0, 0.1) is 12.8 Å². The van der Waals surface area contributed by atoms with Crippen molar-refractivity contribution in [2.75, 3.05) is 7.11 Å². The first-order chi connectivity index (χ1) is 7.96. The zero-order chi connectivity index (χ0) is 12.6. The van der Waals surface area contributed by atoms with E-state index in [2.05, 4.69) is 0 Å². The van der Waals surface area contributed by atoms with Crippen molar-refractivity contribution >= 4 is 5.97 Å². The number of aliphatic hydroxyl groups is 1. The van der Waals surface area contributed by atoms with E-state index in [0.29, 0.717) is 0 Å². The Hall–Kier alpha value is -1.55. The van der Waals surface area contributed by atoms with Crippen LogP contribution in [0.5, 0.6) is 5.75 Å². The lowest BCUT2D eigenvalue weighted by molar-refractivity contribution is -0.159. The molecule has 1 fully saturated rings. The van der Waals surface area contributed by atoms with E-state index in [4.69, 9.17) is 9.84 Å². The second-order valence-electron chi connectivity index (χ2n) is 4.66. The van der Waals surface area contributed by atoms with E-state index in [1.807, 2.05) is 19.1 Å². The Balaban J connectivity index is 2.21. The van der Waals surface area contributed by atoms with Gasteiger partial charge in [-0.2, -0.15) is 0 Å². The fourth-order valence-electron chi connectivity index (χ4n) is 2.44. The minimum Gasteiger partial charge on any atom is -0.497 e. The molecule has 0 radical (unpaired) electrons. The van der Waals surface area contributed by atoms with Crippen molar-refractivity contribution in [2.45, 2.75) is 25.4 Å². The van der Waals surface area contributed by atoms with Crippen molar-refractivity contribution in [1.29, 1.82) is 0 Å². The van der Waals surface area contributed by atoms with Crippen LogP contribution < -0.4 is 4.74 Å². The number of aliphatic carboxylic acids is 1. The summed E-state index contributed by atoms with van der Waals surface area (Å²) in [6, 6.07) is 5.45. The SMILES string of the molecule is COc1ccc(C2(O)CC(C(=O)O)C2)c(C)c1. The highest BCUT2D eigenvalue weighted by atomic mass is 16.5. The predicted molar refractivity (Wildman–Crippen MR) is 62.0 cm³/mol. The Bertz CT molecular complexity index is 447. The van der Waals surface area contributed by atoms with Gasteiger partial charge < -0.3 is 14.9 Å². The Morgan fingerprint density at radius 3 is 2.59 bits per heavy atom. The topological polar surface area (TPSA) is 66.8 Å². The second-order valence-corrected chi connectivity index (χ2v) is 4.66. The number of carboxylic acid groups (broad SMARTS) is 1. The van der Waals surface area contributed by atoms with Crippen molar-refractivity contribution < 1.29 is 19.7 Å². The molecular formula is C13H16O4. The van der Waals surface area contributed by atoms with Crippen LogP contribution in [0.3, 0.4) is 0 Å². The van der Waals surface area contributed by atoms with Gasteiger partial charge in [0, 0.05) is 0 Å². The number of aryl methyl sites for hydroxylation is 1. The minimum atomic E-state index is -0.987. The molecule has 1 aromatic rings. The van der Waals surface area contributed by atoms with E-state index in [-0.39, 0.29) is 12.8 Å². The first-order valence-electron chi connectivity index (χ1n) is 5.56. The largest absolute Gasteiger partial charge is 0.497 e. The van der Waals surface area contributed by atoms with Gasteiger partial charge in [-0.05, 0) is 43.0 Å². The van der Waals surface area contributed by atoms with E-state index < -0.39 is 17.5 Å². The van der Waals surface area contributed by atoms with Gasteiger partial charge in [0.15, 0.2) is 0 Å². The van der Waals surface area contributed by atoms with E-state index in [1.165, 1.54) is 0 Å². The van der Waals surface area contributed by atoms with Crippen LogP contribution in [-0.2, 0) is 10.4 Å². The maximum absolute atomic E-state index is 10.8. The van der Waals surface area contributed by atoms with Gasteiger partial charge in [0.1, 0.15) is 5.75 Å². The molecule has 4 heteroatoms. The molecule has 2 N–H and O–H groups in total. The smallest absolute Gasteiger partial charge is 0.306 e. The van der Waals surface area contributed by atoms with Gasteiger partial charge in [-0.25, -0.2) is 0 Å². The van der Waals surface area contributed by atoms with E-state index >= 15 is 0 Å². The summed E-state index contributed by atoms with van der Waals surface area (Å²) < 4.78 is 5.10. The lowest BCUT2D eigenvalue weighted by Crippen LogP contribution is -2.44. The Labute approximate surface area is 99.8 Å². The highest BCUT2D eigenvalue weighted by Gasteiger charge is 2.48. The molecule has 0 spiro atoms. The molecule has 17 heavy (non-hydrogen) atoms. The molecule has 0 aliphatic heterocycles. The van der Waals surface area contributed by atoms with Crippen LogP contribution >= 0.6 is 0 Å². The maximum Gasteiger partial charge on any atom is 0.306 e. The molecule has 4 nitrogen and oxygen atoms in total. The molecule has 1 saturated carbocycles. The summed E-state index contributed by atoms with van der Waals surface area (Å²) >= 11 is 0. The molecule has 0 saturated heterocycles. The molecule has 2 rings (SSSR count). The summed E-state index contributed by atoms with van der Waals surface area (Å²) in [5, 5.41) is 19.2. The first-order valence-corrected chi connectivity index (χ1v) is 5.56. The number of rotatable bonds is 3. The second kappa shape index (κ2) is 4.04. The van der Waals surface area contributed by atoms with Gasteiger partial charge in [-0.1, -0.05) is 6.07 Å². The van der Waals surface area contributed by atoms with Gasteiger partial charge in [-0.15, -0.1) is 0 Å². The third-order valence-corrected chi connectivity index (χ3v) is 3.45. The molecule has 1 aliphatic rings. The van der Waals surface area contributed by atoms with Crippen molar-refractivity contribution in [3.05, 3.63) is 29.3 Å². The van der Waals surface area contributed by atoms with Crippen LogP contribution in [-0.4, -0.2) is 23.3 Å². The fraction of sp³-hybridized carbons (Fsp3) is 0.462. The first kappa shape index (κ1) is 11.9. The molecule has 0 aromatic heterocycles. The monoisotopic (exact) mass is 236 g/mol. The summed E-state index contributed by atoms with van der Waals surface area (Å²) in [7, 11) is 1.59. The van der Waals surface area contributed by atoms with Crippen molar-refractivity contribution in [3.8, 4) is 5.75 Å². The molecule has 1 aromatic carbocycles. The van der Waals surface area contributed by atoms with Crippen LogP contribution in [0.1, 0.15) is 24.0 Å². The van der Waals surface area contributed by atoms with Crippen LogP contribution in [0.15, 0.2) is 18.2 Å². The zero-order valence-corrected chi connectivity index (χ0v) is 9.93. The number of ether oxygens (including phenoxy) is 1. The van der Waals surface area contributed by atoms with Gasteiger partial charge in [0.25, 0.3) is 0 Å². The van der Waals surface area contributed by atoms with Gasteiger partial charge >= 0.3 is 5.97 Å². The zero-order valence-electron chi connectivity index (χ0n) is 9.93. The summed E-state index contributed by atoms with van der Waals surface area (Å²) in [4.78, 5) is 10.8. The number of methoxy groups -OCH3 is 1. The molecule has 0 amide bonds. The van der Waals surface area contributed by atoms with Crippen LogP contribution in [0.25, 0.3) is 0 Å². The minimum absolute atomic E-state index is 0.287. The van der Waals surface area contributed by atoms with Gasteiger partial charge in [0.2, 0.25) is 0 Å². The molecule has 92 valence electrons. The maximum atomic E-state index is 10.8. The van der Waals surface area contributed by atoms with E-state index in [9.17, 15) is 9.90 Å². The van der Waals surface area contributed by atoms with Crippen molar-refractivity contribution in [2.24, 2.45) is 5.92 Å². The fourth-order valence-corrected chi connectivity index (χ4v) is 2.44. The predicted octanol–water partition coefficient (Wildman–Crippen LogP) is 1.69. The normalized spacial score (nSPS) is 27.4. The summed E-state index contributed by atoms with van der Waals surface area (Å²) in [6.07, 6.45) is 0.574. The average molecular weight is 236 g/mol. The number of carbonyl (C=O) groups is 1. The van der Waals surface area contributed by atoms with Crippen molar-refractivity contribution in [3.63, 3.8) is 0 Å². The van der Waals surface area contributed by atoms with Gasteiger partial charge in [0.05, 0.1) is 18.6 Å². The standard InChI is InChI=1S/C13H16O4/c1-8-5-10(17-2)3-4-11(8)13(16)6-9(7-13)12(14)15/h3-5,9,16H,6-7H2,1-2H3,(H,14,15). The highest BCUT2D eigenvalue weighted by Crippen LogP contribution is 2.47. The molecule has 1 aliphatic carbocycles. The Morgan fingerprint density at radius 1 is 1.47 bits per heavy atom. The highest BCUT2D eigenvalue weighted by molar-refractivity contribution is 5.72. The molecule has 0 atom stereocenters. The summed E-state index contributed by atoms with van der Waals surface area (Å²) in [6.45, 7) is 1.89. The summed E-state index contributed by atoms with van der Waals surface area (Å²) in [5.74, 6) is -0.522. The lowest BCUT2D eigenvalue weighted by atomic mass is 9.66. The Kier molecular flexibility index (Phi) is 2.83. The molecule has 0 heterocycles. The molecule has 0 unspecified atom stereocenters. The third kappa shape index (κ3) is 2.00. The number of benzene rings is 1. The van der Waals surface area contributed by atoms with E-state index in [0.717, 1.165) is 16.9 Å². The summed E-state index contributed by atoms with van der Waals surface area (Å²) in [5.41, 5.74) is 0.742. The number of hydrogen-bond donors (Lipinski definition) is 2. The van der Waals surface area contributed by atoms with Gasteiger partial charge in [-0.3, -0.25) is 4.79 Å². The van der Waals surface area contributed by atoms with Crippen molar-refractivity contribution in [1.82, 2.24) is 0 Å². The van der Waals surface area contributed by atoms with E-state index in [1.54, 1.807) is 13.2 Å². The number of hydrogen-bond acceptors (Lipinski definition) is 3. The molecule has 0 bridgehead atoms. The lowest BCUT2D eigenvalue weighted by Gasteiger charge is -2.42. The van der Waals surface area contributed by atoms with Crippen LogP contribution in [0.4, 0.5) is 0 Å².